The van der Waals surface area contributed by atoms with E-state index in [0.717, 1.165) is 23.1 Å². The monoisotopic (exact) mass is 452 g/mol. The van der Waals surface area contributed by atoms with Crippen LogP contribution in [-0.2, 0) is 0 Å². The Labute approximate surface area is 180 Å². The van der Waals surface area contributed by atoms with Crippen molar-refractivity contribution in [3.8, 4) is 11.4 Å². The first-order chi connectivity index (χ1) is 14.2. The van der Waals surface area contributed by atoms with E-state index in [9.17, 15) is 14.7 Å². The van der Waals surface area contributed by atoms with Gasteiger partial charge in [0.1, 0.15) is 0 Å². The average molecular weight is 453 g/mol. The minimum atomic E-state index is -0.869. The second-order valence-corrected chi connectivity index (χ2v) is 8.11. The Bertz CT molecular complexity index is 1160. The van der Waals surface area contributed by atoms with E-state index in [1.807, 2.05) is 4.98 Å². The normalized spacial score (nSPS) is 23.1. The molecule has 0 radical (unpaired) electrons. The molecule has 4 rings (SSSR count). The SMILES string of the molecule is CC1CC(C2=CC(Oc3c(Cl)cc(-n4nc(N)c(=O)[nH]c4=O)cc3Cl)=NNC2O)C1. The molecule has 0 saturated heterocycles. The fourth-order valence-electron chi connectivity index (χ4n) is 3.48. The molecule has 10 nitrogen and oxygen atoms in total. The van der Waals surface area contributed by atoms with Gasteiger partial charge in [-0.3, -0.25) is 15.2 Å². The molecule has 158 valence electrons. The Balaban J connectivity index is 1.63. The Kier molecular flexibility index (Phi) is 5.31. The number of hydrogen-bond donors (Lipinski definition) is 4. The van der Waals surface area contributed by atoms with Crippen molar-refractivity contribution in [3.05, 3.63) is 54.7 Å². The molecule has 30 heavy (non-hydrogen) atoms. The van der Waals surface area contributed by atoms with E-state index in [2.05, 4.69) is 22.5 Å². The summed E-state index contributed by atoms with van der Waals surface area (Å²) < 4.78 is 6.62. The molecule has 2 aliphatic rings. The molecule has 0 spiro atoms. The lowest BCUT2D eigenvalue weighted by Gasteiger charge is -2.37. The molecule has 1 aromatic heterocycles. The lowest BCUT2D eigenvalue weighted by Crippen LogP contribution is -2.39. The summed E-state index contributed by atoms with van der Waals surface area (Å²) >= 11 is 12.6. The molecule has 0 amide bonds. The van der Waals surface area contributed by atoms with E-state index in [4.69, 9.17) is 33.7 Å². The smallest absolute Gasteiger partial charge is 0.349 e. The maximum Gasteiger partial charge on any atom is 0.349 e. The minimum Gasteiger partial charge on any atom is -0.434 e. The first-order valence-electron chi connectivity index (χ1n) is 9.12. The molecule has 1 atom stereocenters. The molecule has 0 bridgehead atoms. The molecule has 1 fully saturated rings. The first kappa shape index (κ1) is 20.5. The molecule has 2 aromatic rings. The van der Waals surface area contributed by atoms with E-state index >= 15 is 0 Å². The zero-order chi connectivity index (χ0) is 21.6. The fraction of sp³-hybridized carbons (Fsp3) is 0.333. The first-order valence-corrected chi connectivity index (χ1v) is 9.87. The Morgan fingerprint density at radius 2 is 1.93 bits per heavy atom. The van der Waals surface area contributed by atoms with E-state index in [0.29, 0.717) is 5.92 Å². The van der Waals surface area contributed by atoms with Crippen LogP contribution in [0.1, 0.15) is 19.8 Å². The maximum atomic E-state index is 12.0. The largest absolute Gasteiger partial charge is 0.434 e. The highest BCUT2D eigenvalue weighted by atomic mass is 35.5. The van der Waals surface area contributed by atoms with Gasteiger partial charge in [-0.2, -0.15) is 4.68 Å². The van der Waals surface area contributed by atoms with Crippen molar-refractivity contribution in [2.75, 3.05) is 5.73 Å². The third-order valence-corrected chi connectivity index (χ3v) is 5.60. The number of anilines is 1. The van der Waals surface area contributed by atoms with Gasteiger partial charge in [0.05, 0.1) is 15.7 Å². The van der Waals surface area contributed by atoms with Crippen LogP contribution in [0, 0.1) is 11.8 Å². The van der Waals surface area contributed by atoms with Crippen LogP contribution in [0.5, 0.6) is 5.75 Å². The van der Waals surface area contributed by atoms with E-state index in [1.165, 1.54) is 12.1 Å². The number of nitrogens with one attached hydrogen (secondary N) is 2. The van der Waals surface area contributed by atoms with Crippen molar-refractivity contribution in [2.24, 2.45) is 16.9 Å². The highest BCUT2D eigenvalue weighted by Crippen LogP contribution is 2.40. The van der Waals surface area contributed by atoms with Crippen molar-refractivity contribution in [1.82, 2.24) is 20.2 Å². The summed E-state index contributed by atoms with van der Waals surface area (Å²) in [4.78, 5) is 25.5. The predicted molar refractivity (Wildman–Crippen MR) is 112 cm³/mol. The Morgan fingerprint density at radius 1 is 1.27 bits per heavy atom. The topological polar surface area (TPSA) is 148 Å². The molecule has 1 saturated carbocycles. The second kappa shape index (κ2) is 7.78. The number of aromatic amines is 1. The van der Waals surface area contributed by atoms with Crippen LogP contribution in [0.25, 0.3) is 5.69 Å². The molecular weight excluding hydrogens is 435 g/mol. The van der Waals surface area contributed by atoms with E-state index < -0.39 is 17.5 Å². The van der Waals surface area contributed by atoms with Gasteiger partial charge >= 0.3 is 5.69 Å². The van der Waals surface area contributed by atoms with Gasteiger partial charge in [-0.15, -0.1) is 10.2 Å². The highest BCUT2D eigenvalue weighted by molar-refractivity contribution is 6.37. The van der Waals surface area contributed by atoms with Crippen LogP contribution < -0.4 is 27.1 Å². The van der Waals surface area contributed by atoms with Crippen molar-refractivity contribution in [1.29, 1.82) is 0 Å². The number of benzene rings is 1. The molecule has 5 N–H and O–H groups in total. The van der Waals surface area contributed by atoms with Crippen LogP contribution in [0.4, 0.5) is 5.82 Å². The molecule has 2 heterocycles. The quantitative estimate of drug-likeness (QED) is 0.549. The third kappa shape index (κ3) is 3.81. The van der Waals surface area contributed by atoms with Crippen LogP contribution in [-0.4, -0.2) is 32.0 Å². The number of nitrogens with zero attached hydrogens (tertiary/aromatic N) is 3. The molecule has 12 heteroatoms. The summed E-state index contributed by atoms with van der Waals surface area (Å²) in [7, 11) is 0. The van der Waals surface area contributed by atoms with Gasteiger partial charge in [-0.05, 0) is 42.4 Å². The number of halogens is 2. The maximum absolute atomic E-state index is 12.0. The van der Waals surface area contributed by atoms with Gasteiger partial charge in [-0.1, -0.05) is 30.1 Å². The highest BCUT2D eigenvalue weighted by Gasteiger charge is 2.33. The van der Waals surface area contributed by atoms with Gasteiger partial charge in [0.15, 0.2) is 12.0 Å². The molecular formula is C18H18Cl2N6O4. The van der Waals surface area contributed by atoms with Crippen LogP contribution >= 0.6 is 23.2 Å². The van der Waals surface area contributed by atoms with Gasteiger partial charge < -0.3 is 15.6 Å². The zero-order valence-corrected chi connectivity index (χ0v) is 17.2. The average Bonchev–Trinajstić information content (AvgIpc) is 2.66. The summed E-state index contributed by atoms with van der Waals surface area (Å²) in [6.07, 6.45) is 2.77. The lowest BCUT2D eigenvalue weighted by molar-refractivity contribution is 0.130. The summed E-state index contributed by atoms with van der Waals surface area (Å²) in [5.41, 5.74) is 7.49. The van der Waals surface area contributed by atoms with E-state index in [1.54, 1.807) is 6.08 Å². The Hall–Kier alpha value is -2.82. The zero-order valence-electron chi connectivity index (χ0n) is 15.7. The van der Waals surface area contributed by atoms with Crippen molar-refractivity contribution in [2.45, 2.75) is 26.0 Å². The standard InChI is InChI=1S/C18H18Cl2N6O4/c1-7-2-8(3-7)10-6-13(23-24-16(10)27)30-14-11(19)4-9(5-12(14)20)26-18(29)22-17(28)15(21)25-26/h4-8,16,24,27H,2-3H2,1H3,(H2,21,25)(H,22,28,29). The van der Waals surface area contributed by atoms with Gasteiger partial charge in [-0.25, -0.2) is 4.79 Å². The number of aliphatic hydroxyl groups excluding tert-OH is 1. The summed E-state index contributed by atoms with van der Waals surface area (Å²) in [5, 5.41) is 18.0. The minimum absolute atomic E-state index is 0.0806. The van der Waals surface area contributed by atoms with Crippen molar-refractivity contribution in [3.63, 3.8) is 0 Å². The molecule has 1 aliphatic heterocycles. The predicted octanol–water partition coefficient (Wildman–Crippen LogP) is 1.40. The third-order valence-electron chi connectivity index (χ3n) is 5.04. The van der Waals surface area contributed by atoms with Crippen molar-refractivity contribution < 1.29 is 9.84 Å². The number of hydrogen-bond acceptors (Lipinski definition) is 8. The lowest BCUT2D eigenvalue weighted by atomic mass is 9.71. The number of aliphatic hydroxyl groups is 1. The number of rotatable bonds is 3. The van der Waals surface area contributed by atoms with E-state index in [-0.39, 0.29) is 39.1 Å². The van der Waals surface area contributed by atoms with Crippen LogP contribution in [0.2, 0.25) is 10.0 Å². The number of hydrazone groups is 1. The number of nitrogens with two attached hydrogens (primary N) is 1. The molecule has 1 unspecified atom stereocenters. The Morgan fingerprint density at radius 3 is 2.57 bits per heavy atom. The number of H-pyrrole nitrogens is 1. The molecule has 1 aromatic carbocycles. The van der Waals surface area contributed by atoms with Crippen LogP contribution in [0.15, 0.2) is 38.5 Å². The molecule has 1 aliphatic carbocycles. The second-order valence-electron chi connectivity index (χ2n) is 7.30. The summed E-state index contributed by atoms with van der Waals surface area (Å²) in [6, 6.07) is 2.78. The van der Waals surface area contributed by atoms with Gasteiger partial charge in [0.25, 0.3) is 5.56 Å². The van der Waals surface area contributed by atoms with Crippen LogP contribution in [0.3, 0.4) is 0 Å². The summed E-state index contributed by atoms with van der Waals surface area (Å²) in [5.74, 6) is 0.790. The number of aromatic nitrogens is 3. The fourth-order valence-corrected chi connectivity index (χ4v) is 4.03. The van der Waals surface area contributed by atoms with Crippen molar-refractivity contribution >= 4 is 34.9 Å². The number of nitrogen functional groups attached to an aromatic ring is 1. The van der Waals surface area contributed by atoms with Gasteiger partial charge in [0.2, 0.25) is 11.7 Å². The summed E-state index contributed by atoms with van der Waals surface area (Å²) in [6.45, 7) is 2.16. The number of ether oxygens (including phenoxy) is 1. The van der Waals surface area contributed by atoms with Gasteiger partial charge in [0, 0.05) is 6.08 Å².